The third-order valence-electron chi connectivity index (χ3n) is 2.07. The number of aromatic nitrogens is 1. The summed E-state index contributed by atoms with van der Waals surface area (Å²) in [6.07, 6.45) is 0. The molecule has 2 aromatic rings. The molecule has 1 nitrogen and oxygen atoms in total. The molecule has 0 atom stereocenters. The molecule has 0 aliphatic heterocycles. The van der Waals surface area contributed by atoms with E-state index in [4.69, 9.17) is 46.4 Å². The van der Waals surface area contributed by atoms with Gasteiger partial charge in [-0.1, -0.05) is 34.8 Å². The second-order valence-corrected chi connectivity index (χ2v) is 5.00. The standard InChI is InChI=1S/C10H3Cl4F2N/c11-4-1-5-6(12)3-8(10(14,15)16)17-9(5)7(13)2-4/h1-3H. The van der Waals surface area contributed by atoms with E-state index in [9.17, 15) is 8.78 Å². The van der Waals surface area contributed by atoms with Crippen molar-refractivity contribution in [2.45, 2.75) is 5.38 Å². The van der Waals surface area contributed by atoms with Gasteiger partial charge in [-0.05, 0) is 29.8 Å². The Morgan fingerprint density at radius 2 is 1.65 bits per heavy atom. The second kappa shape index (κ2) is 4.39. The number of rotatable bonds is 1. The fourth-order valence-electron chi connectivity index (χ4n) is 1.36. The highest BCUT2D eigenvalue weighted by atomic mass is 35.5. The minimum absolute atomic E-state index is 0.0646. The van der Waals surface area contributed by atoms with Crippen molar-refractivity contribution in [3.63, 3.8) is 0 Å². The first-order chi connectivity index (χ1) is 7.79. The van der Waals surface area contributed by atoms with Crippen molar-refractivity contribution in [1.82, 2.24) is 4.98 Å². The summed E-state index contributed by atoms with van der Waals surface area (Å²) in [5, 5.41) is -2.65. The van der Waals surface area contributed by atoms with E-state index >= 15 is 0 Å². The van der Waals surface area contributed by atoms with Crippen molar-refractivity contribution in [3.05, 3.63) is 39.0 Å². The van der Waals surface area contributed by atoms with Crippen LogP contribution in [0.4, 0.5) is 8.78 Å². The molecule has 0 saturated carbocycles. The highest BCUT2D eigenvalue weighted by Gasteiger charge is 2.31. The van der Waals surface area contributed by atoms with Crippen LogP contribution >= 0.6 is 46.4 Å². The van der Waals surface area contributed by atoms with Gasteiger partial charge in [0.25, 0.3) is 0 Å². The number of hydrogen-bond donors (Lipinski definition) is 0. The first kappa shape index (κ1) is 13.1. The largest absolute Gasteiger partial charge is 0.364 e. The first-order valence-electron chi connectivity index (χ1n) is 4.31. The predicted octanol–water partition coefficient (Wildman–Crippen LogP) is 5.48. The summed E-state index contributed by atoms with van der Waals surface area (Å²) in [6.45, 7) is 0. The maximum atomic E-state index is 12.9. The summed E-state index contributed by atoms with van der Waals surface area (Å²) in [6, 6.07) is 3.88. The normalized spacial score (nSPS) is 12.1. The van der Waals surface area contributed by atoms with Crippen LogP contribution in [0.3, 0.4) is 0 Å². The Labute approximate surface area is 115 Å². The van der Waals surface area contributed by atoms with E-state index in [-0.39, 0.29) is 15.6 Å². The Kier molecular flexibility index (Phi) is 3.38. The lowest BCUT2D eigenvalue weighted by Crippen LogP contribution is -2.06. The molecule has 0 bridgehead atoms. The molecule has 7 heteroatoms. The van der Waals surface area contributed by atoms with Gasteiger partial charge in [0.2, 0.25) is 0 Å². The number of pyridine rings is 1. The molecular formula is C10H3Cl4F2N. The molecule has 0 radical (unpaired) electrons. The van der Waals surface area contributed by atoms with Gasteiger partial charge in [0.05, 0.1) is 15.6 Å². The zero-order chi connectivity index (χ0) is 12.8. The topological polar surface area (TPSA) is 12.9 Å². The monoisotopic (exact) mass is 315 g/mol. The van der Waals surface area contributed by atoms with Gasteiger partial charge in [-0.15, -0.1) is 0 Å². The van der Waals surface area contributed by atoms with Crippen molar-refractivity contribution in [3.8, 4) is 0 Å². The lowest BCUT2D eigenvalue weighted by atomic mass is 10.2. The zero-order valence-electron chi connectivity index (χ0n) is 7.95. The highest BCUT2D eigenvalue weighted by Crippen LogP contribution is 2.37. The van der Waals surface area contributed by atoms with E-state index in [1.54, 1.807) is 0 Å². The number of hydrogen-bond acceptors (Lipinski definition) is 1. The van der Waals surface area contributed by atoms with Crippen LogP contribution in [-0.2, 0) is 5.38 Å². The molecule has 0 saturated heterocycles. The van der Waals surface area contributed by atoms with E-state index in [0.717, 1.165) is 6.07 Å². The average Bonchev–Trinajstić information content (AvgIpc) is 2.17. The predicted molar refractivity (Wildman–Crippen MR) is 66.5 cm³/mol. The van der Waals surface area contributed by atoms with Crippen LogP contribution in [-0.4, -0.2) is 4.98 Å². The van der Waals surface area contributed by atoms with Crippen molar-refractivity contribution < 1.29 is 8.78 Å². The number of benzene rings is 1. The third-order valence-corrected chi connectivity index (χ3v) is 3.08. The van der Waals surface area contributed by atoms with E-state index < -0.39 is 11.1 Å². The van der Waals surface area contributed by atoms with Gasteiger partial charge in [-0.2, -0.15) is 8.78 Å². The van der Waals surface area contributed by atoms with E-state index in [1.165, 1.54) is 12.1 Å². The van der Waals surface area contributed by atoms with Crippen LogP contribution in [0.15, 0.2) is 18.2 Å². The molecule has 1 heterocycles. The lowest BCUT2D eigenvalue weighted by molar-refractivity contribution is 0.0904. The molecule has 90 valence electrons. The summed E-state index contributed by atoms with van der Waals surface area (Å²) in [7, 11) is 0. The molecule has 0 aliphatic carbocycles. The minimum Gasteiger partial charge on any atom is -0.243 e. The molecule has 0 spiro atoms. The van der Waals surface area contributed by atoms with Gasteiger partial charge in [0.15, 0.2) is 0 Å². The summed E-state index contributed by atoms with van der Waals surface area (Å²) in [5.74, 6) is 0. The molecule has 0 amide bonds. The van der Waals surface area contributed by atoms with Crippen LogP contribution < -0.4 is 0 Å². The molecule has 0 fully saturated rings. The Morgan fingerprint density at radius 3 is 2.24 bits per heavy atom. The molecule has 1 aromatic carbocycles. The zero-order valence-corrected chi connectivity index (χ0v) is 11.0. The van der Waals surface area contributed by atoms with E-state index in [0.29, 0.717) is 10.4 Å². The number of nitrogens with zero attached hydrogens (tertiary/aromatic N) is 1. The Balaban J connectivity index is 2.83. The van der Waals surface area contributed by atoms with Gasteiger partial charge in [0, 0.05) is 10.4 Å². The molecular weight excluding hydrogens is 314 g/mol. The smallest absolute Gasteiger partial charge is 0.243 e. The number of alkyl halides is 3. The quantitative estimate of drug-likeness (QED) is 0.634. The lowest BCUT2D eigenvalue weighted by Gasteiger charge is -2.10. The van der Waals surface area contributed by atoms with Crippen molar-refractivity contribution in [1.29, 1.82) is 0 Å². The van der Waals surface area contributed by atoms with Crippen molar-refractivity contribution in [2.75, 3.05) is 0 Å². The van der Waals surface area contributed by atoms with Gasteiger partial charge in [-0.3, -0.25) is 0 Å². The van der Waals surface area contributed by atoms with Gasteiger partial charge >= 0.3 is 5.38 Å². The molecule has 0 unspecified atom stereocenters. The van der Waals surface area contributed by atoms with Crippen LogP contribution in [0.1, 0.15) is 5.69 Å². The Bertz CT molecular complexity index is 595. The molecule has 0 N–H and O–H groups in total. The minimum atomic E-state index is -3.60. The van der Waals surface area contributed by atoms with Crippen LogP contribution in [0.5, 0.6) is 0 Å². The molecule has 1 aromatic heterocycles. The maximum Gasteiger partial charge on any atom is 0.364 e. The summed E-state index contributed by atoms with van der Waals surface area (Å²) in [4.78, 5) is 3.69. The van der Waals surface area contributed by atoms with Gasteiger partial charge in [-0.25, -0.2) is 4.98 Å². The van der Waals surface area contributed by atoms with Crippen LogP contribution in [0.2, 0.25) is 15.1 Å². The fraction of sp³-hybridized carbons (Fsp3) is 0.100. The summed E-state index contributed by atoms with van der Waals surface area (Å²) >= 11 is 22.4. The Hall–Kier alpha value is -0.350. The summed E-state index contributed by atoms with van der Waals surface area (Å²) in [5.41, 5.74) is -0.514. The number of fused-ring (bicyclic) bond motifs is 1. The van der Waals surface area contributed by atoms with Crippen LogP contribution in [0.25, 0.3) is 10.9 Å². The Morgan fingerprint density at radius 1 is 1.00 bits per heavy atom. The first-order valence-corrected chi connectivity index (χ1v) is 5.83. The number of halogens is 6. The average molecular weight is 317 g/mol. The van der Waals surface area contributed by atoms with Gasteiger partial charge in [0.1, 0.15) is 5.69 Å². The van der Waals surface area contributed by atoms with E-state index in [2.05, 4.69) is 4.98 Å². The van der Waals surface area contributed by atoms with Crippen molar-refractivity contribution in [2.24, 2.45) is 0 Å². The van der Waals surface area contributed by atoms with Crippen LogP contribution in [0, 0.1) is 0 Å². The van der Waals surface area contributed by atoms with Crippen molar-refractivity contribution >= 4 is 57.3 Å². The molecule has 0 aliphatic rings. The summed E-state index contributed by atoms with van der Waals surface area (Å²) < 4.78 is 25.9. The molecule has 2 rings (SSSR count). The SMILES string of the molecule is FC(F)(Cl)c1cc(Cl)c2cc(Cl)cc(Cl)c2n1. The third kappa shape index (κ3) is 2.58. The maximum absolute atomic E-state index is 12.9. The van der Waals surface area contributed by atoms with Gasteiger partial charge < -0.3 is 0 Å². The van der Waals surface area contributed by atoms with E-state index in [1.807, 2.05) is 0 Å². The molecule has 17 heavy (non-hydrogen) atoms. The highest BCUT2D eigenvalue weighted by molar-refractivity contribution is 6.41. The second-order valence-electron chi connectivity index (χ2n) is 3.27. The fourth-order valence-corrected chi connectivity index (χ4v) is 2.24.